The van der Waals surface area contributed by atoms with Crippen LogP contribution in [-0.4, -0.2) is 14.5 Å². The molecule has 19 heavy (non-hydrogen) atoms. The van der Waals surface area contributed by atoms with Crippen LogP contribution in [-0.2, 0) is 6.54 Å². The van der Waals surface area contributed by atoms with Crippen LogP contribution in [0.1, 0.15) is 5.56 Å². The van der Waals surface area contributed by atoms with Crippen LogP contribution in [0, 0.1) is 0 Å². The van der Waals surface area contributed by atoms with Gasteiger partial charge in [0.1, 0.15) is 0 Å². The molecule has 2 aromatic heterocycles. The van der Waals surface area contributed by atoms with Crippen molar-refractivity contribution in [3.63, 3.8) is 0 Å². The molecule has 0 amide bonds. The van der Waals surface area contributed by atoms with Crippen molar-refractivity contribution >= 4 is 38.7 Å². The zero-order valence-corrected chi connectivity index (χ0v) is 12.1. The number of nitrogens with one attached hydrogen (secondary N) is 1. The van der Waals surface area contributed by atoms with Gasteiger partial charge in [0, 0.05) is 15.7 Å². The summed E-state index contributed by atoms with van der Waals surface area (Å²) in [5, 5.41) is 0.680. The molecule has 0 spiro atoms. The fourth-order valence-electron chi connectivity index (χ4n) is 1.94. The lowest BCUT2D eigenvalue weighted by molar-refractivity contribution is 0.787. The number of halogens is 2. The van der Waals surface area contributed by atoms with E-state index in [1.807, 2.05) is 30.3 Å². The number of hydrogen-bond donors (Lipinski definition) is 1. The van der Waals surface area contributed by atoms with E-state index >= 15 is 0 Å². The maximum atomic E-state index is 11.9. The van der Waals surface area contributed by atoms with Crippen molar-refractivity contribution in [2.24, 2.45) is 0 Å². The van der Waals surface area contributed by atoms with Gasteiger partial charge in [0.2, 0.25) is 0 Å². The smallest absolute Gasteiger partial charge is 0.290 e. The first kappa shape index (κ1) is 12.4. The third-order valence-corrected chi connectivity index (χ3v) is 3.54. The number of fused-ring (bicyclic) bond motifs is 1. The Labute approximate surface area is 122 Å². The van der Waals surface area contributed by atoms with E-state index in [4.69, 9.17) is 11.6 Å². The maximum Gasteiger partial charge on any atom is 0.327 e. The third-order valence-electron chi connectivity index (χ3n) is 2.85. The molecule has 0 aliphatic heterocycles. The Morgan fingerprint density at radius 2 is 2.05 bits per heavy atom. The van der Waals surface area contributed by atoms with Crippen LogP contribution in [0.25, 0.3) is 11.2 Å². The summed E-state index contributed by atoms with van der Waals surface area (Å²) in [6, 6.07) is 9.30. The maximum absolute atomic E-state index is 11.9. The van der Waals surface area contributed by atoms with Gasteiger partial charge in [0.25, 0.3) is 0 Å². The van der Waals surface area contributed by atoms with Crippen molar-refractivity contribution in [1.82, 2.24) is 14.5 Å². The van der Waals surface area contributed by atoms with Crippen LogP contribution in [0.2, 0.25) is 5.02 Å². The first-order valence-corrected chi connectivity index (χ1v) is 6.79. The average molecular weight is 339 g/mol. The Bertz CT molecular complexity index is 792. The van der Waals surface area contributed by atoms with Crippen LogP contribution < -0.4 is 5.69 Å². The molecule has 0 radical (unpaired) electrons. The number of rotatable bonds is 2. The van der Waals surface area contributed by atoms with Gasteiger partial charge in [-0.05, 0) is 39.7 Å². The molecule has 4 nitrogen and oxygen atoms in total. The zero-order valence-electron chi connectivity index (χ0n) is 9.73. The lowest BCUT2D eigenvalue weighted by Gasteiger charge is -2.04. The van der Waals surface area contributed by atoms with Crippen molar-refractivity contribution in [1.29, 1.82) is 0 Å². The van der Waals surface area contributed by atoms with Crippen LogP contribution in [0.3, 0.4) is 0 Å². The second kappa shape index (κ2) is 4.83. The highest BCUT2D eigenvalue weighted by Gasteiger charge is 2.08. The van der Waals surface area contributed by atoms with Gasteiger partial charge < -0.3 is 0 Å². The van der Waals surface area contributed by atoms with Gasteiger partial charge >= 0.3 is 5.69 Å². The molecule has 1 aromatic carbocycles. The molecule has 1 N–H and O–H groups in total. The first-order chi connectivity index (χ1) is 9.13. The molecule has 6 heteroatoms. The molecule has 3 rings (SSSR count). The summed E-state index contributed by atoms with van der Waals surface area (Å²) in [5.74, 6) is 0. The number of pyridine rings is 1. The van der Waals surface area contributed by atoms with Crippen LogP contribution >= 0.6 is 27.5 Å². The van der Waals surface area contributed by atoms with Gasteiger partial charge in [-0.3, -0.25) is 9.55 Å². The second-order valence-corrected chi connectivity index (χ2v) is 5.52. The minimum absolute atomic E-state index is 0.171. The Hall–Kier alpha value is -1.59. The van der Waals surface area contributed by atoms with E-state index in [9.17, 15) is 4.79 Å². The molecule has 0 atom stereocenters. The van der Waals surface area contributed by atoms with E-state index in [2.05, 4.69) is 25.9 Å². The predicted molar refractivity (Wildman–Crippen MR) is 78.6 cm³/mol. The summed E-state index contributed by atoms with van der Waals surface area (Å²) in [6.45, 7) is 0.480. The Morgan fingerprint density at radius 1 is 1.32 bits per heavy atom. The SMILES string of the molecule is O=c1[nH]c2ncc(Br)cc2n1Cc1ccc(Cl)cc1. The standard InChI is InChI=1S/C13H9BrClN3O/c14-9-5-11-12(16-6-9)17-13(19)18(11)7-8-1-3-10(15)4-2-8/h1-6H,7H2,(H,16,17,19). The van der Waals surface area contributed by atoms with Crippen LogP contribution in [0.15, 0.2) is 45.8 Å². The monoisotopic (exact) mass is 337 g/mol. The van der Waals surface area contributed by atoms with E-state index in [-0.39, 0.29) is 5.69 Å². The van der Waals surface area contributed by atoms with Crippen molar-refractivity contribution in [2.45, 2.75) is 6.54 Å². The molecular weight excluding hydrogens is 330 g/mol. The van der Waals surface area contributed by atoms with E-state index < -0.39 is 0 Å². The summed E-state index contributed by atoms with van der Waals surface area (Å²) < 4.78 is 2.49. The molecule has 0 bridgehead atoms. The minimum Gasteiger partial charge on any atom is -0.290 e. The molecule has 0 unspecified atom stereocenters. The van der Waals surface area contributed by atoms with E-state index in [1.54, 1.807) is 10.8 Å². The Morgan fingerprint density at radius 3 is 2.79 bits per heavy atom. The number of benzene rings is 1. The second-order valence-electron chi connectivity index (χ2n) is 4.16. The highest BCUT2D eigenvalue weighted by atomic mass is 79.9. The molecule has 0 aliphatic carbocycles. The number of nitrogens with zero attached hydrogens (tertiary/aromatic N) is 2. The quantitative estimate of drug-likeness (QED) is 0.780. The van der Waals surface area contributed by atoms with Crippen LogP contribution in [0.4, 0.5) is 0 Å². The number of H-pyrrole nitrogens is 1. The summed E-state index contributed by atoms with van der Waals surface area (Å²) in [4.78, 5) is 18.9. The molecular formula is C13H9BrClN3O. The lowest BCUT2D eigenvalue weighted by Crippen LogP contribution is -2.17. The molecule has 0 saturated heterocycles. The van der Waals surface area contributed by atoms with Gasteiger partial charge in [0.05, 0.1) is 12.1 Å². The molecule has 0 fully saturated rings. The van der Waals surface area contributed by atoms with Gasteiger partial charge in [0.15, 0.2) is 5.65 Å². The highest BCUT2D eigenvalue weighted by Crippen LogP contribution is 2.16. The third kappa shape index (κ3) is 2.43. The van der Waals surface area contributed by atoms with Crippen molar-refractivity contribution in [3.8, 4) is 0 Å². The summed E-state index contributed by atoms with van der Waals surface area (Å²) in [6.07, 6.45) is 1.66. The Balaban J connectivity index is 2.09. The summed E-state index contributed by atoms with van der Waals surface area (Å²) >= 11 is 9.21. The summed E-state index contributed by atoms with van der Waals surface area (Å²) in [7, 11) is 0. The van der Waals surface area contributed by atoms with Gasteiger partial charge in [-0.1, -0.05) is 23.7 Å². The average Bonchev–Trinajstić information content (AvgIpc) is 2.69. The van der Waals surface area contributed by atoms with Crippen molar-refractivity contribution in [2.75, 3.05) is 0 Å². The largest absolute Gasteiger partial charge is 0.327 e. The fourth-order valence-corrected chi connectivity index (χ4v) is 2.38. The minimum atomic E-state index is -0.171. The van der Waals surface area contributed by atoms with E-state index in [0.29, 0.717) is 17.2 Å². The van der Waals surface area contributed by atoms with Gasteiger partial charge in [-0.2, -0.15) is 0 Å². The highest BCUT2D eigenvalue weighted by molar-refractivity contribution is 9.10. The van der Waals surface area contributed by atoms with Crippen molar-refractivity contribution < 1.29 is 0 Å². The molecule has 0 aliphatic rings. The Kier molecular flexibility index (Phi) is 3.16. The molecule has 2 heterocycles. The summed E-state index contributed by atoms with van der Waals surface area (Å²) in [5.41, 5.74) is 2.19. The number of imidazole rings is 1. The lowest BCUT2D eigenvalue weighted by atomic mass is 10.2. The molecule has 0 saturated carbocycles. The number of hydrogen-bond acceptors (Lipinski definition) is 2. The normalized spacial score (nSPS) is 11.1. The molecule has 3 aromatic rings. The van der Waals surface area contributed by atoms with Gasteiger partial charge in [-0.15, -0.1) is 0 Å². The first-order valence-electron chi connectivity index (χ1n) is 5.62. The van der Waals surface area contributed by atoms with E-state index in [0.717, 1.165) is 15.6 Å². The van der Waals surface area contributed by atoms with Crippen LogP contribution in [0.5, 0.6) is 0 Å². The van der Waals surface area contributed by atoms with Crippen molar-refractivity contribution in [3.05, 3.63) is 62.1 Å². The fraction of sp³-hybridized carbons (Fsp3) is 0.0769. The van der Waals surface area contributed by atoms with Gasteiger partial charge in [-0.25, -0.2) is 9.78 Å². The molecule has 96 valence electrons. The van der Waals surface area contributed by atoms with E-state index in [1.165, 1.54) is 0 Å². The topological polar surface area (TPSA) is 50.7 Å². The number of aromatic amines is 1. The predicted octanol–water partition coefficient (Wildman–Crippen LogP) is 3.19. The number of aromatic nitrogens is 3. The zero-order chi connectivity index (χ0) is 13.4.